The SMILES string of the molecule is Cc1ccc2c3c(c4ccccc4c(C#N)c13)NC2=O. The second-order valence-corrected chi connectivity index (χ2v) is 5.04. The van der Waals surface area contributed by atoms with Crippen LogP contribution in [0.25, 0.3) is 21.5 Å². The summed E-state index contributed by atoms with van der Waals surface area (Å²) in [6.45, 7) is 1.97. The number of hydrogen-bond donors (Lipinski definition) is 1. The van der Waals surface area contributed by atoms with Gasteiger partial charge in [-0.1, -0.05) is 30.3 Å². The standard InChI is InChI=1S/C17H10N2O/c1-9-6-7-12-15-14(9)13(8-18)10-4-2-3-5-11(10)16(15)19-17(12)20/h2-7H,1H3,(H,19,20). The second kappa shape index (κ2) is 3.58. The largest absolute Gasteiger partial charge is 0.321 e. The van der Waals surface area contributed by atoms with Crippen molar-refractivity contribution >= 4 is 33.1 Å². The van der Waals surface area contributed by atoms with Gasteiger partial charge in [0.2, 0.25) is 0 Å². The van der Waals surface area contributed by atoms with Gasteiger partial charge in [-0.15, -0.1) is 0 Å². The van der Waals surface area contributed by atoms with Crippen molar-refractivity contribution in [1.82, 2.24) is 0 Å². The number of anilines is 1. The molecule has 1 N–H and O–H groups in total. The summed E-state index contributed by atoms with van der Waals surface area (Å²) in [5.41, 5.74) is 3.15. The van der Waals surface area contributed by atoms with Crippen LogP contribution in [0.1, 0.15) is 21.5 Å². The molecule has 0 aliphatic carbocycles. The highest BCUT2D eigenvalue weighted by atomic mass is 16.1. The Morgan fingerprint density at radius 2 is 1.80 bits per heavy atom. The first-order chi connectivity index (χ1) is 9.72. The smallest absolute Gasteiger partial charge is 0.256 e. The third-order valence-corrected chi connectivity index (χ3v) is 3.97. The Morgan fingerprint density at radius 3 is 2.55 bits per heavy atom. The molecule has 94 valence electrons. The Kier molecular flexibility index (Phi) is 1.97. The summed E-state index contributed by atoms with van der Waals surface area (Å²) >= 11 is 0. The molecule has 0 bridgehead atoms. The summed E-state index contributed by atoms with van der Waals surface area (Å²) < 4.78 is 0. The lowest BCUT2D eigenvalue weighted by Crippen LogP contribution is -2.04. The maximum absolute atomic E-state index is 12.1. The van der Waals surface area contributed by atoms with Crippen molar-refractivity contribution in [1.29, 1.82) is 5.26 Å². The summed E-state index contributed by atoms with van der Waals surface area (Å²) in [7, 11) is 0. The molecular weight excluding hydrogens is 248 g/mol. The Hall–Kier alpha value is -2.86. The van der Waals surface area contributed by atoms with Crippen molar-refractivity contribution in [3.8, 4) is 6.07 Å². The van der Waals surface area contributed by atoms with Crippen LogP contribution in [0.3, 0.4) is 0 Å². The summed E-state index contributed by atoms with van der Waals surface area (Å²) in [4.78, 5) is 12.1. The highest BCUT2D eigenvalue weighted by Crippen LogP contribution is 2.42. The molecule has 3 aromatic rings. The van der Waals surface area contributed by atoms with E-state index in [9.17, 15) is 10.1 Å². The number of rotatable bonds is 0. The first-order valence-corrected chi connectivity index (χ1v) is 6.42. The van der Waals surface area contributed by atoms with Gasteiger partial charge in [-0.05, 0) is 18.6 Å². The quantitative estimate of drug-likeness (QED) is 0.624. The first-order valence-electron chi connectivity index (χ1n) is 6.42. The zero-order valence-corrected chi connectivity index (χ0v) is 10.8. The number of amides is 1. The van der Waals surface area contributed by atoms with Gasteiger partial charge in [0.05, 0.1) is 11.3 Å². The number of aryl methyl sites for hydroxylation is 1. The number of nitriles is 1. The van der Waals surface area contributed by atoms with Crippen molar-refractivity contribution in [3.63, 3.8) is 0 Å². The molecule has 3 heteroatoms. The van der Waals surface area contributed by atoms with Crippen molar-refractivity contribution in [2.24, 2.45) is 0 Å². The van der Waals surface area contributed by atoms with E-state index >= 15 is 0 Å². The highest BCUT2D eigenvalue weighted by molar-refractivity contribution is 6.31. The molecule has 0 spiro atoms. The Balaban J connectivity index is 2.42. The van der Waals surface area contributed by atoms with Crippen LogP contribution in [0.2, 0.25) is 0 Å². The van der Waals surface area contributed by atoms with Crippen LogP contribution >= 0.6 is 0 Å². The zero-order valence-electron chi connectivity index (χ0n) is 10.8. The summed E-state index contributed by atoms with van der Waals surface area (Å²) in [6.07, 6.45) is 0. The Morgan fingerprint density at radius 1 is 1.05 bits per heavy atom. The molecular formula is C17H10N2O. The second-order valence-electron chi connectivity index (χ2n) is 5.04. The van der Waals surface area contributed by atoms with Crippen LogP contribution < -0.4 is 5.32 Å². The van der Waals surface area contributed by atoms with E-state index in [1.165, 1.54) is 0 Å². The summed E-state index contributed by atoms with van der Waals surface area (Å²) in [5, 5.41) is 16.1. The van der Waals surface area contributed by atoms with E-state index < -0.39 is 0 Å². The molecule has 1 amide bonds. The van der Waals surface area contributed by atoms with Gasteiger partial charge in [0.25, 0.3) is 5.91 Å². The van der Waals surface area contributed by atoms with Gasteiger partial charge < -0.3 is 5.32 Å². The first kappa shape index (κ1) is 11.0. The van der Waals surface area contributed by atoms with Gasteiger partial charge in [0.15, 0.2) is 0 Å². The van der Waals surface area contributed by atoms with Crippen LogP contribution in [0.5, 0.6) is 0 Å². The summed E-state index contributed by atoms with van der Waals surface area (Å²) in [6, 6.07) is 13.8. The Labute approximate surface area is 115 Å². The predicted octanol–water partition coefficient (Wildman–Crippen LogP) is 3.74. The molecule has 0 fully saturated rings. The van der Waals surface area contributed by atoms with Crippen LogP contribution in [-0.2, 0) is 0 Å². The van der Waals surface area contributed by atoms with Crippen LogP contribution in [0.15, 0.2) is 36.4 Å². The van der Waals surface area contributed by atoms with Gasteiger partial charge in [-0.25, -0.2) is 0 Å². The van der Waals surface area contributed by atoms with Crippen molar-refractivity contribution in [2.75, 3.05) is 5.32 Å². The molecule has 1 aliphatic heterocycles. The predicted molar refractivity (Wildman–Crippen MR) is 78.9 cm³/mol. The maximum atomic E-state index is 12.1. The number of carbonyl (C=O) groups is 1. The minimum atomic E-state index is -0.0924. The molecule has 0 unspecified atom stereocenters. The molecule has 0 aromatic heterocycles. The monoisotopic (exact) mass is 258 g/mol. The van der Waals surface area contributed by atoms with Crippen molar-refractivity contribution in [2.45, 2.75) is 6.92 Å². The topological polar surface area (TPSA) is 52.9 Å². The number of nitrogens with one attached hydrogen (secondary N) is 1. The van der Waals surface area contributed by atoms with E-state index in [1.807, 2.05) is 43.3 Å². The number of benzene rings is 3. The van der Waals surface area contributed by atoms with Crippen LogP contribution in [-0.4, -0.2) is 5.91 Å². The third-order valence-electron chi connectivity index (χ3n) is 3.97. The number of nitrogens with zero attached hydrogens (tertiary/aromatic N) is 1. The van der Waals surface area contributed by atoms with E-state index in [0.717, 1.165) is 32.8 Å². The lowest BCUT2D eigenvalue weighted by Gasteiger charge is -2.10. The molecule has 20 heavy (non-hydrogen) atoms. The van der Waals surface area contributed by atoms with E-state index in [-0.39, 0.29) is 5.91 Å². The van der Waals surface area contributed by atoms with Crippen LogP contribution in [0.4, 0.5) is 5.69 Å². The molecule has 3 aromatic carbocycles. The Bertz CT molecular complexity index is 964. The minimum Gasteiger partial charge on any atom is -0.321 e. The average Bonchev–Trinajstić information content (AvgIpc) is 2.80. The molecule has 1 aliphatic rings. The maximum Gasteiger partial charge on any atom is 0.256 e. The molecule has 0 atom stereocenters. The lowest BCUT2D eigenvalue weighted by molar-refractivity contribution is 0.103. The molecule has 1 heterocycles. The molecule has 0 saturated carbocycles. The molecule has 4 rings (SSSR count). The van der Waals surface area contributed by atoms with Gasteiger partial charge in [0, 0.05) is 27.1 Å². The fourth-order valence-electron chi connectivity index (χ4n) is 3.09. The van der Waals surface area contributed by atoms with Gasteiger partial charge in [-0.3, -0.25) is 4.79 Å². The van der Waals surface area contributed by atoms with E-state index in [2.05, 4.69) is 11.4 Å². The van der Waals surface area contributed by atoms with Gasteiger partial charge >= 0.3 is 0 Å². The highest BCUT2D eigenvalue weighted by Gasteiger charge is 2.26. The van der Waals surface area contributed by atoms with E-state index in [4.69, 9.17) is 0 Å². The number of fused-ring (bicyclic) bond motifs is 2. The van der Waals surface area contributed by atoms with E-state index in [1.54, 1.807) is 0 Å². The molecule has 3 nitrogen and oxygen atoms in total. The molecule has 0 saturated heterocycles. The minimum absolute atomic E-state index is 0.0924. The summed E-state index contributed by atoms with van der Waals surface area (Å²) in [5.74, 6) is -0.0924. The average molecular weight is 258 g/mol. The lowest BCUT2D eigenvalue weighted by atomic mass is 9.92. The van der Waals surface area contributed by atoms with Crippen LogP contribution in [0, 0.1) is 18.3 Å². The van der Waals surface area contributed by atoms with Gasteiger partial charge in [-0.2, -0.15) is 5.26 Å². The fraction of sp³-hybridized carbons (Fsp3) is 0.0588. The zero-order chi connectivity index (χ0) is 13.9. The third kappa shape index (κ3) is 1.16. The number of hydrogen-bond acceptors (Lipinski definition) is 2. The fourth-order valence-corrected chi connectivity index (χ4v) is 3.09. The number of carbonyl (C=O) groups excluding carboxylic acids is 1. The van der Waals surface area contributed by atoms with E-state index in [0.29, 0.717) is 11.1 Å². The van der Waals surface area contributed by atoms with Gasteiger partial charge in [0.1, 0.15) is 6.07 Å². The van der Waals surface area contributed by atoms with Crippen molar-refractivity contribution in [3.05, 3.63) is 53.1 Å². The molecule has 0 radical (unpaired) electrons. The normalized spacial score (nSPS) is 12.7. The van der Waals surface area contributed by atoms with Crippen molar-refractivity contribution < 1.29 is 4.79 Å².